The van der Waals surface area contributed by atoms with Crippen LogP contribution in [0.5, 0.6) is 0 Å². The number of pyridine rings is 1. The SMILES string of the molecule is N/C(=N\C(=O)Nc1cccc2cnccc12)C1CCCN(Cc2ccc3c(c2)COC3)C1. The molecule has 7 heteroatoms. The second-order valence-electron chi connectivity index (χ2n) is 8.54. The Morgan fingerprint density at radius 2 is 2.12 bits per heavy atom. The van der Waals surface area contributed by atoms with Crippen LogP contribution in [0.15, 0.2) is 59.9 Å². The lowest BCUT2D eigenvalue weighted by Crippen LogP contribution is -2.41. The number of hydrogen-bond donors (Lipinski definition) is 2. The number of rotatable bonds is 4. The molecule has 2 amide bonds. The maximum absolute atomic E-state index is 12.6. The van der Waals surface area contributed by atoms with Crippen LogP contribution in [0.3, 0.4) is 0 Å². The number of anilines is 1. The Hall–Kier alpha value is -3.29. The molecule has 5 rings (SSSR count). The van der Waals surface area contributed by atoms with Crippen LogP contribution in [0, 0.1) is 5.92 Å². The molecule has 1 fully saturated rings. The molecule has 32 heavy (non-hydrogen) atoms. The Kier molecular flexibility index (Phi) is 5.83. The van der Waals surface area contributed by atoms with Crippen LogP contribution in [-0.2, 0) is 24.5 Å². The molecule has 2 aromatic carbocycles. The zero-order valence-corrected chi connectivity index (χ0v) is 18.0. The number of fused-ring (bicyclic) bond motifs is 2. The third-order valence-corrected chi connectivity index (χ3v) is 6.27. The number of nitrogens with two attached hydrogens (primary N) is 1. The molecule has 0 radical (unpaired) electrons. The van der Waals surface area contributed by atoms with Gasteiger partial charge in [-0.2, -0.15) is 4.99 Å². The molecule has 164 valence electrons. The van der Waals surface area contributed by atoms with E-state index in [2.05, 4.69) is 38.4 Å². The molecule has 2 aliphatic rings. The number of urea groups is 1. The smallest absolute Gasteiger partial charge is 0.347 e. The second-order valence-corrected chi connectivity index (χ2v) is 8.54. The number of carbonyl (C=O) groups is 1. The minimum atomic E-state index is -0.442. The van der Waals surface area contributed by atoms with Gasteiger partial charge in [-0.15, -0.1) is 0 Å². The van der Waals surface area contributed by atoms with Gasteiger partial charge in [0.2, 0.25) is 0 Å². The monoisotopic (exact) mass is 429 g/mol. The fourth-order valence-corrected chi connectivity index (χ4v) is 4.61. The standard InChI is InChI=1S/C25H27N5O2/c26-24(29-25(31)28-23-5-1-3-18-12-27-9-8-22(18)23)19-4-2-10-30(14-19)13-17-6-7-20-15-32-16-21(20)11-17/h1,3,5-9,11-12,19H,2,4,10,13-16H2,(H3,26,28,29,31). The van der Waals surface area contributed by atoms with E-state index in [1.807, 2.05) is 24.3 Å². The molecule has 1 saturated heterocycles. The molecule has 3 heterocycles. The van der Waals surface area contributed by atoms with Crippen LogP contribution in [0.1, 0.15) is 29.5 Å². The number of amidine groups is 1. The van der Waals surface area contributed by atoms with E-state index in [0.717, 1.165) is 43.2 Å². The van der Waals surface area contributed by atoms with Crippen molar-refractivity contribution in [1.82, 2.24) is 9.88 Å². The Balaban J connectivity index is 1.23. The summed E-state index contributed by atoms with van der Waals surface area (Å²) in [6, 6.07) is 13.7. The summed E-state index contributed by atoms with van der Waals surface area (Å²) in [6.07, 6.45) is 5.46. The summed E-state index contributed by atoms with van der Waals surface area (Å²) in [5.41, 5.74) is 10.8. The number of nitrogens with one attached hydrogen (secondary N) is 1. The number of benzene rings is 2. The van der Waals surface area contributed by atoms with Crippen LogP contribution in [-0.4, -0.2) is 34.8 Å². The summed E-state index contributed by atoms with van der Waals surface area (Å²) in [4.78, 5) is 23.3. The Morgan fingerprint density at radius 3 is 3.06 bits per heavy atom. The van der Waals surface area contributed by atoms with Gasteiger partial charge in [-0.1, -0.05) is 30.3 Å². The van der Waals surface area contributed by atoms with Crippen molar-refractivity contribution >= 4 is 28.3 Å². The summed E-state index contributed by atoms with van der Waals surface area (Å²) in [6.45, 7) is 4.11. The van der Waals surface area contributed by atoms with Crippen molar-refractivity contribution in [1.29, 1.82) is 0 Å². The van der Waals surface area contributed by atoms with Gasteiger partial charge in [-0.3, -0.25) is 9.88 Å². The number of carbonyl (C=O) groups excluding carboxylic acids is 1. The molecule has 1 aromatic heterocycles. The lowest BCUT2D eigenvalue weighted by Gasteiger charge is -2.32. The van der Waals surface area contributed by atoms with Crippen molar-refractivity contribution in [2.75, 3.05) is 18.4 Å². The topological polar surface area (TPSA) is 92.8 Å². The largest absolute Gasteiger partial charge is 0.387 e. The van der Waals surface area contributed by atoms with Gasteiger partial charge in [0, 0.05) is 42.2 Å². The highest BCUT2D eigenvalue weighted by molar-refractivity contribution is 6.05. The lowest BCUT2D eigenvalue weighted by atomic mass is 9.96. The highest BCUT2D eigenvalue weighted by Crippen LogP contribution is 2.25. The van der Waals surface area contributed by atoms with Crippen molar-refractivity contribution in [2.24, 2.45) is 16.6 Å². The highest BCUT2D eigenvalue weighted by Gasteiger charge is 2.24. The predicted octanol–water partition coefficient (Wildman–Crippen LogP) is 4.07. The van der Waals surface area contributed by atoms with Crippen LogP contribution in [0.4, 0.5) is 10.5 Å². The van der Waals surface area contributed by atoms with Gasteiger partial charge in [0.05, 0.1) is 18.9 Å². The number of amides is 2. The second kappa shape index (κ2) is 9.06. The molecule has 0 spiro atoms. The zero-order valence-electron chi connectivity index (χ0n) is 18.0. The van der Waals surface area contributed by atoms with Crippen molar-refractivity contribution < 1.29 is 9.53 Å². The number of ether oxygens (including phenoxy) is 1. The first-order valence-corrected chi connectivity index (χ1v) is 11.0. The van der Waals surface area contributed by atoms with E-state index in [0.29, 0.717) is 24.7 Å². The molecule has 0 saturated carbocycles. The van der Waals surface area contributed by atoms with Gasteiger partial charge in [0.25, 0.3) is 0 Å². The number of likely N-dealkylation sites (tertiary alicyclic amines) is 1. The molecular formula is C25H27N5O2. The van der Waals surface area contributed by atoms with E-state index in [4.69, 9.17) is 10.5 Å². The number of aliphatic imine (C=N–C) groups is 1. The van der Waals surface area contributed by atoms with Gasteiger partial charge in [-0.05, 0) is 48.2 Å². The zero-order chi connectivity index (χ0) is 21.9. The first kappa shape index (κ1) is 20.6. The molecule has 7 nitrogen and oxygen atoms in total. The summed E-state index contributed by atoms with van der Waals surface area (Å²) in [5.74, 6) is 0.473. The molecule has 0 aliphatic carbocycles. The third kappa shape index (κ3) is 4.49. The van der Waals surface area contributed by atoms with E-state index >= 15 is 0 Å². The Bertz CT molecular complexity index is 1170. The number of nitrogens with zero attached hydrogens (tertiary/aromatic N) is 3. The molecule has 1 atom stereocenters. The molecule has 3 aromatic rings. The van der Waals surface area contributed by atoms with Crippen LogP contribution in [0.2, 0.25) is 0 Å². The van der Waals surface area contributed by atoms with Crippen LogP contribution in [0.25, 0.3) is 10.8 Å². The first-order chi connectivity index (χ1) is 15.7. The van der Waals surface area contributed by atoms with Gasteiger partial charge >= 0.3 is 6.03 Å². The Labute approximate surface area is 187 Å². The number of piperidine rings is 1. The summed E-state index contributed by atoms with van der Waals surface area (Å²) in [7, 11) is 0. The average Bonchev–Trinajstić information content (AvgIpc) is 3.27. The highest BCUT2D eigenvalue weighted by atomic mass is 16.5. The van der Waals surface area contributed by atoms with Gasteiger partial charge in [0.15, 0.2) is 0 Å². The minimum Gasteiger partial charge on any atom is -0.387 e. The van der Waals surface area contributed by atoms with Crippen LogP contribution >= 0.6 is 0 Å². The van der Waals surface area contributed by atoms with E-state index in [1.54, 1.807) is 12.4 Å². The summed E-state index contributed by atoms with van der Waals surface area (Å²) < 4.78 is 5.52. The van der Waals surface area contributed by atoms with E-state index < -0.39 is 6.03 Å². The lowest BCUT2D eigenvalue weighted by molar-refractivity contribution is 0.134. The normalized spacial score (nSPS) is 19.1. The predicted molar refractivity (Wildman–Crippen MR) is 125 cm³/mol. The molecule has 2 aliphatic heterocycles. The average molecular weight is 430 g/mol. The third-order valence-electron chi connectivity index (χ3n) is 6.27. The quantitative estimate of drug-likeness (QED) is 0.482. The van der Waals surface area contributed by atoms with Crippen molar-refractivity contribution in [3.05, 3.63) is 71.5 Å². The summed E-state index contributed by atoms with van der Waals surface area (Å²) >= 11 is 0. The molecule has 1 unspecified atom stereocenters. The maximum atomic E-state index is 12.6. The number of aromatic nitrogens is 1. The molecule has 3 N–H and O–H groups in total. The molecule has 0 bridgehead atoms. The van der Waals surface area contributed by atoms with Crippen molar-refractivity contribution in [3.63, 3.8) is 0 Å². The van der Waals surface area contributed by atoms with E-state index in [1.165, 1.54) is 16.7 Å². The first-order valence-electron chi connectivity index (χ1n) is 11.0. The van der Waals surface area contributed by atoms with Crippen molar-refractivity contribution in [3.8, 4) is 0 Å². The number of hydrogen-bond acceptors (Lipinski definition) is 4. The van der Waals surface area contributed by atoms with Gasteiger partial charge in [-0.25, -0.2) is 4.79 Å². The van der Waals surface area contributed by atoms with Crippen molar-refractivity contribution in [2.45, 2.75) is 32.6 Å². The summed E-state index contributed by atoms with van der Waals surface area (Å²) in [5, 5.41) is 4.76. The van der Waals surface area contributed by atoms with Gasteiger partial charge < -0.3 is 15.8 Å². The fourth-order valence-electron chi connectivity index (χ4n) is 4.61. The van der Waals surface area contributed by atoms with E-state index in [-0.39, 0.29) is 5.92 Å². The van der Waals surface area contributed by atoms with E-state index in [9.17, 15) is 4.79 Å². The Morgan fingerprint density at radius 1 is 1.22 bits per heavy atom. The fraction of sp³-hybridized carbons (Fsp3) is 0.320. The maximum Gasteiger partial charge on any atom is 0.347 e. The molecular weight excluding hydrogens is 402 g/mol. The van der Waals surface area contributed by atoms with Crippen LogP contribution < -0.4 is 11.1 Å². The van der Waals surface area contributed by atoms with Gasteiger partial charge in [0.1, 0.15) is 5.84 Å². The minimum absolute atomic E-state index is 0.0731.